The highest BCUT2D eigenvalue weighted by atomic mass is 16.4. The summed E-state index contributed by atoms with van der Waals surface area (Å²) in [5.41, 5.74) is 0.216. The van der Waals surface area contributed by atoms with E-state index in [-0.39, 0.29) is 46.2 Å². The summed E-state index contributed by atoms with van der Waals surface area (Å²) in [4.78, 5) is 38.6. The molecule has 0 amide bonds. The Bertz CT molecular complexity index is 855. The monoisotopic (exact) mass is 411 g/mol. The second kappa shape index (κ2) is 6.29. The van der Waals surface area contributed by atoms with Gasteiger partial charge in [-0.2, -0.15) is 0 Å². The number of ketones is 2. The molecule has 0 N–H and O–H groups in total. The van der Waals surface area contributed by atoms with Gasteiger partial charge >= 0.3 is 0 Å². The van der Waals surface area contributed by atoms with Crippen LogP contribution in [0.5, 0.6) is 0 Å². The third kappa shape index (κ3) is 2.31. The Hall–Kier alpha value is -1.45. The molecule has 0 aromatic carbocycles. The number of carboxylic acid groups (broad SMARTS) is 1. The van der Waals surface area contributed by atoms with Crippen LogP contribution in [-0.4, -0.2) is 17.5 Å². The molecular formula is C26H35O4-. The summed E-state index contributed by atoms with van der Waals surface area (Å²) in [7, 11) is 0. The first kappa shape index (κ1) is 20.5. The maximum Gasteiger partial charge on any atom is 0.138 e. The molecule has 0 radical (unpaired) electrons. The lowest BCUT2D eigenvalue weighted by Crippen LogP contribution is -2.67. The van der Waals surface area contributed by atoms with Crippen LogP contribution in [0.4, 0.5) is 0 Å². The molecule has 4 heteroatoms. The number of fused-ring (bicyclic) bond motifs is 1. The van der Waals surface area contributed by atoms with E-state index in [1.807, 2.05) is 6.92 Å². The predicted molar refractivity (Wildman–Crippen MR) is 111 cm³/mol. The summed E-state index contributed by atoms with van der Waals surface area (Å²) in [6, 6.07) is 0. The predicted octanol–water partition coefficient (Wildman–Crippen LogP) is 3.73. The topological polar surface area (TPSA) is 74.3 Å². The summed E-state index contributed by atoms with van der Waals surface area (Å²) in [5, 5.41) is 12.2. The molecule has 30 heavy (non-hydrogen) atoms. The molecule has 0 aromatic rings. The van der Waals surface area contributed by atoms with Gasteiger partial charge in [0.15, 0.2) is 0 Å². The van der Waals surface area contributed by atoms with Crippen molar-refractivity contribution in [2.45, 2.75) is 79.1 Å². The number of hydrogen-bond donors (Lipinski definition) is 0. The first-order valence-electron chi connectivity index (χ1n) is 12.1. The number of rotatable bonds is 2. The Morgan fingerprint density at radius 2 is 1.77 bits per heavy atom. The quantitative estimate of drug-likeness (QED) is 0.649. The fourth-order valence-corrected chi connectivity index (χ4v) is 9.33. The third-order valence-corrected chi connectivity index (χ3v) is 10.5. The minimum atomic E-state index is -0.907. The molecule has 0 saturated heterocycles. The van der Waals surface area contributed by atoms with E-state index < -0.39 is 11.4 Å². The number of carboxylic acids is 1. The van der Waals surface area contributed by atoms with Gasteiger partial charge in [-0.25, -0.2) is 0 Å². The number of carbonyl (C=O) groups excluding carboxylic acids is 3. The van der Waals surface area contributed by atoms with E-state index in [2.05, 4.69) is 26.8 Å². The molecule has 0 heterocycles. The van der Waals surface area contributed by atoms with E-state index >= 15 is 0 Å². The van der Waals surface area contributed by atoms with Crippen molar-refractivity contribution < 1.29 is 19.5 Å². The fourth-order valence-electron chi connectivity index (χ4n) is 9.33. The molecule has 8 atom stereocenters. The van der Waals surface area contributed by atoms with Gasteiger partial charge < -0.3 is 9.90 Å². The van der Waals surface area contributed by atoms with Crippen molar-refractivity contribution in [1.29, 1.82) is 0 Å². The highest BCUT2D eigenvalue weighted by Crippen LogP contribution is 2.74. The molecule has 6 rings (SSSR count). The first-order chi connectivity index (χ1) is 14.1. The van der Waals surface area contributed by atoms with Crippen molar-refractivity contribution in [3.63, 3.8) is 0 Å². The average molecular weight is 412 g/mol. The van der Waals surface area contributed by atoms with E-state index in [0.29, 0.717) is 31.0 Å². The van der Waals surface area contributed by atoms with E-state index in [0.717, 1.165) is 32.1 Å². The van der Waals surface area contributed by atoms with Gasteiger partial charge in [0.1, 0.15) is 11.6 Å². The first-order valence-corrected chi connectivity index (χ1v) is 12.1. The number of allylic oxidation sites excluding steroid dienone is 2. The summed E-state index contributed by atoms with van der Waals surface area (Å²) in [5.74, 6) is 0.261. The second-order valence-corrected chi connectivity index (χ2v) is 11.9. The van der Waals surface area contributed by atoms with Crippen molar-refractivity contribution >= 4 is 17.5 Å². The van der Waals surface area contributed by atoms with Gasteiger partial charge in [0.05, 0.1) is 0 Å². The van der Waals surface area contributed by atoms with Gasteiger partial charge in [-0.15, -0.1) is 0 Å². The number of aliphatic carboxylic acids is 1. The Morgan fingerprint density at radius 1 is 1.07 bits per heavy atom. The molecule has 4 fully saturated rings. The van der Waals surface area contributed by atoms with E-state index in [1.165, 1.54) is 5.57 Å². The molecule has 1 spiro atoms. The van der Waals surface area contributed by atoms with Crippen LogP contribution in [0.15, 0.2) is 11.6 Å². The lowest BCUT2D eigenvalue weighted by atomic mass is 9.33. The summed E-state index contributed by atoms with van der Waals surface area (Å²) in [6.07, 6.45) is 8.45. The van der Waals surface area contributed by atoms with E-state index in [1.54, 1.807) is 0 Å². The highest BCUT2D eigenvalue weighted by molar-refractivity contribution is 5.98. The Kier molecular flexibility index (Phi) is 4.29. The molecule has 4 saturated carbocycles. The minimum Gasteiger partial charge on any atom is -0.550 e. The normalized spacial score (nSPS) is 49.9. The molecule has 0 unspecified atom stereocenters. The summed E-state index contributed by atoms with van der Waals surface area (Å²) < 4.78 is 0. The van der Waals surface area contributed by atoms with Crippen molar-refractivity contribution in [2.75, 3.05) is 0 Å². The van der Waals surface area contributed by atoms with Gasteiger partial charge in [0, 0.05) is 41.5 Å². The highest BCUT2D eigenvalue weighted by Gasteiger charge is 2.70. The summed E-state index contributed by atoms with van der Waals surface area (Å²) >= 11 is 0. The largest absolute Gasteiger partial charge is 0.550 e. The van der Waals surface area contributed by atoms with E-state index in [9.17, 15) is 19.5 Å². The van der Waals surface area contributed by atoms with Crippen molar-refractivity contribution in [2.24, 2.45) is 51.8 Å². The van der Waals surface area contributed by atoms with Crippen LogP contribution in [0.3, 0.4) is 0 Å². The maximum atomic E-state index is 13.3. The molecule has 6 aliphatic rings. The zero-order chi connectivity index (χ0) is 21.6. The molecular weight excluding hydrogens is 376 g/mol. The van der Waals surface area contributed by atoms with Gasteiger partial charge in [0.25, 0.3) is 0 Å². The second-order valence-electron chi connectivity index (χ2n) is 11.9. The average Bonchev–Trinajstić information content (AvgIpc) is 2.69. The van der Waals surface area contributed by atoms with Crippen LogP contribution in [0.25, 0.3) is 0 Å². The molecule has 0 aliphatic heterocycles. The van der Waals surface area contributed by atoms with Crippen LogP contribution in [0.1, 0.15) is 79.1 Å². The van der Waals surface area contributed by atoms with Crippen LogP contribution in [0, 0.1) is 51.8 Å². The molecule has 2 bridgehead atoms. The number of Topliss-reactive ketones (excluding diaryl/α,β-unsaturated/α-hetero) is 2. The van der Waals surface area contributed by atoms with Gasteiger partial charge in [0.2, 0.25) is 0 Å². The Balaban J connectivity index is 1.67. The van der Waals surface area contributed by atoms with Crippen LogP contribution < -0.4 is 5.11 Å². The van der Waals surface area contributed by atoms with Crippen LogP contribution in [0.2, 0.25) is 0 Å². The standard InChI is InChI=1S/C26H36O4/c1-14(2)16-13-26-11-8-19-24(3,9-5-10-25(19,4)23(29)30)20(26)12-15(16)21-17(27)6-7-18(28)22(21)26/h13-15,19-22H,5-12H2,1-4H3,(H,29,30)/p-1/t15-,19-,20+,21-,22+,24-,25+,26-/m0/s1. The molecule has 0 aromatic heterocycles. The lowest BCUT2D eigenvalue weighted by Gasteiger charge is -2.70. The third-order valence-electron chi connectivity index (χ3n) is 10.5. The smallest absolute Gasteiger partial charge is 0.138 e. The molecule has 164 valence electrons. The zero-order valence-electron chi connectivity index (χ0n) is 18.8. The van der Waals surface area contributed by atoms with Crippen LogP contribution in [-0.2, 0) is 14.4 Å². The number of hydrogen-bond acceptors (Lipinski definition) is 4. The fraction of sp³-hybridized carbons (Fsp3) is 0.808. The Morgan fingerprint density at radius 3 is 2.43 bits per heavy atom. The Labute approximate surface area is 179 Å². The van der Waals surface area contributed by atoms with Gasteiger partial charge in [-0.1, -0.05) is 45.8 Å². The zero-order valence-corrected chi connectivity index (χ0v) is 18.8. The van der Waals surface area contributed by atoms with E-state index in [4.69, 9.17) is 0 Å². The maximum absolute atomic E-state index is 13.3. The SMILES string of the molecule is CC(C)C1=C[C@@]23CC[C@H]4[C@](C)(CCC[C@@]4(C)C(=O)[O-])[C@H]2C[C@@H]1[C@H]1C(=O)CCC(=O)[C@H]13. The minimum absolute atomic E-state index is 0.0856. The molecule has 6 aliphatic carbocycles. The van der Waals surface area contributed by atoms with Crippen molar-refractivity contribution in [3.05, 3.63) is 11.6 Å². The molecule has 4 nitrogen and oxygen atoms in total. The summed E-state index contributed by atoms with van der Waals surface area (Å²) in [6.45, 7) is 8.63. The van der Waals surface area contributed by atoms with Crippen LogP contribution >= 0.6 is 0 Å². The lowest BCUT2D eigenvalue weighted by molar-refractivity contribution is -0.328. The van der Waals surface area contributed by atoms with Crippen molar-refractivity contribution in [3.8, 4) is 0 Å². The van der Waals surface area contributed by atoms with Crippen molar-refractivity contribution in [1.82, 2.24) is 0 Å². The van der Waals surface area contributed by atoms with Gasteiger partial charge in [-0.05, 0) is 61.2 Å². The number of carbonyl (C=O) groups is 3. The van der Waals surface area contributed by atoms with Gasteiger partial charge in [-0.3, -0.25) is 9.59 Å².